The number of aryl methyl sites for hydroxylation is 2. The number of amides is 1. The minimum atomic E-state index is -2.77. The fourth-order valence-electron chi connectivity index (χ4n) is 4.86. The Balaban J connectivity index is 1.58. The molecule has 0 aliphatic heterocycles. The first kappa shape index (κ1) is 26.9. The van der Waals surface area contributed by atoms with Crippen LogP contribution in [0, 0.1) is 18.6 Å². The van der Waals surface area contributed by atoms with Gasteiger partial charge in [0.1, 0.15) is 17.5 Å². The molecule has 0 radical (unpaired) electrons. The average molecular weight is 549 g/mol. The van der Waals surface area contributed by atoms with Crippen molar-refractivity contribution in [2.45, 2.75) is 25.7 Å². The quantitative estimate of drug-likeness (QED) is 0.226. The summed E-state index contributed by atoms with van der Waals surface area (Å²) in [4.78, 5) is 33.8. The summed E-state index contributed by atoms with van der Waals surface area (Å²) in [6.45, 7) is 1.85. The van der Waals surface area contributed by atoms with Crippen molar-refractivity contribution in [3.8, 4) is 22.4 Å². The van der Waals surface area contributed by atoms with E-state index in [1.807, 2.05) is 6.92 Å². The number of alkyl halides is 2. The van der Waals surface area contributed by atoms with E-state index in [2.05, 4.69) is 15.3 Å². The van der Waals surface area contributed by atoms with Crippen molar-refractivity contribution in [3.05, 3.63) is 106 Å². The topological polar surface area (TPSA) is 79.8 Å². The standard InChI is InChI=1S/C30H24F4N4O2/c1-16-15-38(2)30(40)26-25(18-5-9-21(32)10-6-18)28(37-27(16)26)19-11-12-35-24(13-19)36-29(39)22(14-23(33)34)17-3-7-20(31)8-4-17/h3-13,15,22-23,37H,14H2,1-2H3,(H,35,36,39)/t22-/m1/s1. The summed E-state index contributed by atoms with van der Waals surface area (Å²) in [6.07, 6.45) is -0.377. The summed E-state index contributed by atoms with van der Waals surface area (Å²) >= 11 is 0. The number of nitrogens with zero attached hydrogens (tertiary/aromatic N) is 2. The van der Waals surface area contributed by atoms with E-state index in [0.717, 1.165) is 17.7 Å². The van der Waals surface area contributed by atoms with Gasteiger partial charge in [0.15, 0.2) is 0 Å². The second kappa shape index (κ2) is 10.8. The second-order valence-corrected chi connectivity index (χ2v) is 9.51. The van der Waals surface area contributed by atoms with E-state index in [4.69, 9.17) is 0 Å². The van der Waals surface area contributed by atoms with E-state index in [0.29, 0.717) is 33.3 Å². The number of fused-ring (bicyclic) bond motifs is 1. The van der Waals surface area contributed by atoms with Crippen LogP contribution in [-0.4, -0.2) is 26.9 Å². The van der Waals surface area contributed by atoms with Crippen LogP contribution in [0.3, 0.4) is 0 Å². The van der Waals surface area contributed by atoms with Gasteiger partial charge in [0.2, 0.25) is 12.3 Å². The maximum Gasteiger partial charge on any atom is 0.260 e. The number of pyridine rings is 2. The van der Waals surface area contributed by atoms with E-state index in [-0.39, 0.29) is 16.9 Å². The lowest BCUT2D eigenvalue weighted by molar-refractivity contribution is -0.118. The zero-order valence-electron chi connectivity index (χ0n) is 21.5. The molecule has 40 heavy (non-hydrogen) atoms. The average Bonchev–Trinajstić information content (AvgIpc) is 3.33. The summed E-state index contributed by atoms with van der Waals surface area (Å²) in [5, 5.41) is 3.01. The van der Waals surface area contributed by atoms with Crippen molar-refractivity contribution in [1.82, 2.24) is 14.5 Å². The lowest BCUT2D eigenvalue weighted by atomic mass is 9.95. The number of hydrogen-bond acceptors (Lipinski definition) is 3. The zero-order valence-corrected chi connectivity index (χ0v) is 21.5. The van der Waals surface area contributed by atoms with Crippen LogP contribution >= 0.6 is 0 Å². The first-order valence-corrected chi connectivity index (χ1v) is 12.4. The van der Waals surface area contributed by atoms with Gasteiger partial charge in [-0.15, -0.1) is 0 Å². The van der Waals surface area contributed by atoms with Crippen LogP contribution in [-0.2, 0) is 11.8 Å². The van der Waals surface area contributed by atoms with Gasteiger partial charge in [-0.2, -0.15) is 0 Å². The third-order valence-corrected chi connectivity index (χ3v) is 6.75. The van der Waals surface area contributed by atoms with E-state index in [9.17, 15) is 27.2 Å². The van der Waals surface area contributed by atoms with Crippen molar-refractivity contribution in [3.63, 3.8) is 0 Å². The Bertz CT molecular complexity index is 1760. The number of benzene rings is 2. The highest BCUT2D eigenvalue weighted by atomic mass is 19.3. The van der Waals surface area contributed by atoms with Crippen LogP contribution in [0.1, 0.15) is 23.5 Å². The molecule has 2 N–H and O–H groups in total. The van der Waals surface area contributed by atoms with Crippen LogP contribution in [0.25, 0.3) is 33.3 Å². The van der Waals surface area contributed by atoms with Crippen LogP contribution in [0.15, 0.2) is 77.9 Å². The molecule has 0 aliphatic rings. The van der Waals surface area contributed by atoms with Gasteiger partial charge in [0.25, 0.3) is 5.56 Å². The van der Waals surface area contributed by atoms with Crippen LogP contribution in [0.4, 0.5) is 23.4 Å². The molecule has 0 spiro atoms. The Morgan fingerprint density at radius 1 is 1.00 bits per heavy atom. The number of carbonyl (C=O) groups is 1. The van der Waals surface area contributed by atoms with Crippen molar-refractivity contribution < 1.29 is 22.4 Å². The molecule has 5 rings (SSSR count). The van der Waals surface area contributed by atoms with Gasteiger partial charge in [0, 0.05) is 37.0 Å². The molecule has 0 unspecified atom stereocenters. The smallest absolute Gasteiger partial charge is 0.260 e. The van der Waals surface area contributed by atoms with E-state index in [1.54, 1.807) is 37.5 Å². The Hall–Kier alpha value is -4.73. The van der Waals surface area contributed by atoms with Crippen LogP contribution < -0.4 is 10.9 Å². The third-order valence-electron chi connectivity index (χ3n) is 6.75. The Labute approximate surface area is 226 Å². The fraction of sp³-hybridized carbons (Fsp3) is 0.167. The molecule has 3 aromatic heterocycles. The Morgan fingerprint density at radius 3 is 2.30 bits per heavy atom. The van der Waals surface area contributed by atoms with Crippen molar-refractivity contribution >= 4 is 22.6 Å². The summed E-state index contributed by atoms with van der Waals surface area (Å²) in [6, 6.07) is 13.8. The summed E-state index contributed by atoms with van der Waals surface area (Å²) in [7, 11) is 1.65. The molecule has 0 saturated carbocycles. The van der Waals surface area contributed by atoms with E-state index < -0.39 is 36.3 Å². The van der Waals surface area contributed by atoms with Crippen LogP contribution in [0.2, 0.25) is 0 Å². The van der Waals surface area contributed by atoms with Crippen molar-refractivity contribution in [1.29, 1.82) is 0 Å². The highest BCUT2D eigenvalue weighted by Crippen LogP contribution is 2.38. The maximum absolute atomic E-state index is 13.7. The Morgan fingerprint density at radius 2 is 1.65 bits per heavy atom. The summed E-state index contributed by atoms with van der Waals surface area (Å²) < 4.78 is 55.3. The number of aromatic amines is 1. The number of H-pyrrole nitrogens is 1. The number of aromatic nitrogens is 3. The molecule has 2 aromatic carbocycles. The van der Waals surface area contributed by atoms with E-state index >= 15 is 0 Å². The first-order chi connectivity index (χ1) is 19.1. The molecule has 6 nitrogen and oxygen atoms in total. The van der Waals surface area contributed by atoms with Gasteiger partial charge in [-0.1, -0.05) is 24.3 Å². The number of hydrogen-bond donors (Lipinski definition) is 2. The molecule has 0 bridgehead atoms. The van der Waals surface area contributed by atoms with Gasteiger partial charge in [0.05, 0.1) is 22.5 Å². The summed E-state index contributed by atoms with van der Waals surface area (Å²) in [5.74, 6) is -2.84. The van der Waals surface area contributed by atoms with Crippen molar-refractivity contribution in [2.24, 2.45) is 7.05 Å². The number of rotatable bonds is 7. The monoisotopic (exact) mass is 548 g/mol. The zero-order chi connectivity index (χ0) is 28.6. The molecule has 204 valence electrons. The normalized spacial score (nSPS) is 12.2. The maximum atomic E-state index is 13.7. The number of halogens is 4. The number of carbonyl (C=O) groups excluding carboxylic acids is 1. The highest BCUT2D eigenvalue weighted by molar-refractivity contribution is 6.04. The van der Waals surface area contributed by atoms with Gasteiger partial charge in [-0.05, 0) is 60.0 Å². The number of nitrogens with one attached hydrogen (secondary N) is 2. The van der Waals surface area contributed by atoms with Gasteiger partial charge < -0.3 is 14.9 Å². The lowest BCUT2D eigenvalue weighted by Gasteiger charge is -2.17. The molecule has 5 aromatic rings. The molecule has 1 atom stereocenters. The lowest BCUT2D eigenvalue weighted by Crippen LogP contribution is -2.23. The number of anilines is 1. The van der Waals surface area contributed by atoms with Gasteiger partial charge in [-0.3, -0.25) is 9.59 Å². The molecule has 0 saturated heterocycles. The predicted octanol–water partition coefficient (Wildman–Crippen LogP) is 6.56. The largest absolute Gasteiger partial charge is 0.354 e. The minimum Gasteiger partial charge on any atom is -0.354 e. The molecule has 10 heteroatoms. The second-order valence-electron chi connectivity index (χ2n) is 9.51. The minimum absolute atomic E-state index is 0.0946. The van der Waals surface area contributed by atoms with Crippen LogP contribution in [0.5, 0.6) is 0 Å². The fourth-order valence-corrected chi connectivity index (χ4v) is 4.86. The first-order valence-electron chi connectivity index (χ1n) is 12.4. The van der Waals surface area contributed by atoms with E-state index in [1.165, 1.54) is 35.0 Å². The molecule has 0 aliphatic carbocycles. The molecule has 3 heterocycles. The molecular formula is C30H24F4N4O2. The van der Waals surface area contributed by atoms with Crippen molar-refractivity contribution in [2.75, 3.05) is 5.32 Å². The molecule has 0 fully saturated rings. The summed E-state index contributed by atoms with van der Waals surface area (Å²) in [5.41, 5.74) is 3.64. The predicted molar refractivity (Wildman–Crippen MR) is 145 cm³/mol. The third kappa shape index (κ3) is 5.25. The Kier molecular flexibility index (Phi) is 7.25. The van der Waals surface area contributed by atoms with Gasteiger partial charge >= 0.3 is 0 Å². The van der Waals surface area contributed by atoms with Gasteiger partial charge in [-0.25, -0.2) is 22.5 Å². The SMILES string of the molecule is Cc1cn(C)c(=O)c2c(-c3ccc(F)cc3)c(-c3ccnc(NC(=O)[C@H](CC(F)F)c4ccc(F)cc4)c3)[nH]c12. The molecule has 1 amide bonds. The molecular weight excluding hydrogens is 524 g/mol. The highest BCUT2D eigenvalue weighted by Gasteiger charge is 2.26.